The molecule has 82 valence electrons. The Hall–Kier alpha value is -1.77. The summed E-state index contributed by atoms with van der Waals surface area (Å²) >= 11 is 0. The largest absolute Gasteiger partial charge is 0.370 e. The minimum absolute atomic E-state index is 1.01. The summed E-state index contributed by atoms with van der Waals surface area (Å²) in [5.74, 6) is 0. The lowest BCUT2D eigenvalue weighted by Crippen LogP contribution is -2.16. The first-order chi connectivity index (χ1) is 7.84. The van der Waals surface area contributed by atoms with Crippen LogP contribution in [0.5, 0.6) is 0 Å². The van der Waals surface area contributed by atoms with Gasteiger partial charge >= 0.3 is 0 Å². The van der Waals surface area contributed by atoms with E-state index in [1.54, 1.807) is 0 Å². The number of nitrogens with one attached hydrogen (secondary N) is 1. The molecule has 1 fully saturated rings. The van der Waals surface area contributed by atoms with Crippen molar-refractivity contribution in [2.75, 3.05) is 13.1 Å². The smallest absolute Gasteiger partial charge is 0.0885 e. The van der Waals surface area contributed by atoms with Crippen molar-refractivity contribution >= 4 is 16.7 Å². The molecule has 3 nitrogen and oxygen atoms in total. The van der Waals surface area contributed by atoms with Crippen LogP contribution in [-0.2, 0) is 0 Å². The Kier molecular flexibility index (Phi) is 2.17. The first-order valence-electron chi connectivity index (χ1n) is 5.72. The predicted molar refractivity (Wildman–Crippen MR) is 65.9 cm³/mol. The van der Waals surface area contributed by atoms with Gasteiger partial charge in [-0.1, -0.05) is 6.58 Å². The first kappa shape index (κ1) is 9.46. The molecule has 0 unspecified atom stereocenters. The maximum Gasteiger partial charge on any atom is 0.0885 e. The van der Waals surface area contributed by atoms with Gasteiger partial charge in [0.1, 0.15) is 0 Å². The lowest BCUT2D eigenvalue weighted by Gasteiger charge is -2.18. The number of hydrogen-bond donors (Lipinski definition) is 1. The van der Waals surface area contributed by atoms with Crippen LogP contribution in [0.2, 0.25) is 0 Å². The van der Waals surface area contributed by atoms with Crippen LogP contribution in [0.4, 0.5) is 0 Å². The van der Waals surface area contributed by atoms with Crippen LogP contribution in [0.3, 0.4) is 0 Å². The lowest BCUT2D eigenvalue weighted by atomic mass is 10.3. The molecule has 0 saturated carbocycles. The molecular weight excluding hydrogens is 198 g/mol. The minimum atomic E-state index is 1.01. The van der Waals surface area contributed by atoms with E-state index in [2.05, 4.69) is 27.5 Å². The lowest BCUT2D eigenvalue weighted by molar-refractivity contribution is 0.493. The van der Waals surface area contributed by atoms with Crippen LogP contribution in [0.25, 0.3) is 16.7 Å². The van der Waals surface area contributed by atoms with Crippen LogP contribution in [0.1, 0.15) is 18.5 Å². The molecule has 0 amide bonds. The Labute approximate surface area is 94.8 Å². The van der Waals surface area contributed by atoms with Crippen molar-refractivity contribution in [3.63, 3.8) is 0 Å². The third-order valence-corrected chi connectivity index (χ3v) is 3.19. The molecule has 3 heterocycles. The highest BCUT2D eigenvalue weighted by Gasteiger charge is 2.15. The monoisotopic (exact) mass is 213 g/mol. The number of likely N-dealkylation sites (tertiary alicyclic amines) is 1. The van der Waals surface area contributed by atoms with Gasteiger partial charge in [-0.15, -0.1) is 0 Å². The summed E-state index contributed by atoms with van der Waals surface area (Å²) < 4.78 is 0. The summed E-state index contributed by atoms with van der Waals surface area (Å²) in [5.41, 5.74) is 4.28. The molecule has 1 aliphatic heterocycles. The number of aromatic nitrogens is 2. The highest BCUT2D eigenvalue weighted by Crippen LogP contribution is 2.24. The van der Waals surface area contributed by atoms with Crippen molar-refractivity contribution in [3.05, 3.63) is 36.7 Å². The van der Waals surface area contributed by atoms with E-state index in [-0.39, 0.29) is 0 Å². The zero-order valence-corrected chi connectivity index (χ0v) is 9.24. The van der Waals surface area contributed by atoms with Crippen molar-refractivity contribution < 1.29 is 0 Å². The molecule has 0 aromatic carbocycles. The van der Waals surface area contributed by atoms with Crippen molar-refractivity contribution in [1.82, 2.24) is 14.9 Å². The van der Waals surface area contributed by atoms with E-state index in [1.165, 1.54) is 12.8 Å². The Morgan fingerprint density at radius 2 is 2.19 bits per heavy atom. The molecule has 2 aromatic heterocycles. The molecule has 0 spiro atoms. The Bertz CT molecular complexity index is 488. The molecule has 0 aliphatic carbocycles. The van der Waals surface area contributed by atoms with Crippen LogP contribution < -0.4 is 0 Å². The molecule has 0 radical (unpaired) electrons. The number of H-pyrrole nitrogens is 1. The third-order valence-electron chi connectivity index (χ3n) is 3.19. The quantitative estimate of drug-likeness (QED) is 0.831. The van der Waals surface area contributed by atoms with E-state index in [1.807, 2.05) is 18.3 Å². The number of pyridine rings is 1. The number of fused-ring (bicyclic) bond motifs is 1. The van der Waals surface area contributed by atoms with Gasteiger partial charge in [-0.2, -0.15) is 0 Å². The molecule has 16 heavy (non-hydrogen) atoms. The van der Waals surface area contributed by atoms with Gasteiger partial charge in [0, 0.05) is 19.3 Å². The van der Waals surface area contributed by atoms with E-state index >= 15 is 0 Å². The van der Waals surface area contributed by atoms with Crippen LogP contribution in [0.15, 0.2) is 31.0 Å². The summed E-state index contributed by atoms with van der Waals surface area (Å²) in [6.45, 7) is 6.42. The molecule has 3 rings (SSSR count). The summed E-state index contributed by atoms with van der Waals surface area (Å²) in [7, 11) is 0. The maximum atomic E-state index is 4.32. The highest BCUT2D eigenvalue weighted by atomic mass is 15.2. The van der Waals surface area contributed by atoms with Gasteiger partial charge in [0.2, 0.25) is 0 Å². The van der Waals surface area contributed by atoms with Crippen LogP contribution in [-0.4, -0.2) is 28.0 Å². The van der Waals surface area contributed by atoms with Gasteiger partial charge < -0.3 is 9.88 Å². The molecule has 0 bridgehead atoms. The second-order valence-electron chi connectivity index (χ2n) is 4.26. The molecule has 1 saturated heterocycles. The molecule has 3 heteroatoms. The highest BCUT2D eigenvalue weighted by molar-refractivity contribution is 5.80. The van der Waals surface area contributed by atoms with Crippen molar-refractivity contribution in [2.24, 2.45) is 0 Å². The third kappa shape index (κ3) is 1.48. The van der Waals surface area contributed by atoms with Crippen LogP contribution >= 0.6 is 0 Å². The van der Waals surface area contributed by atoms with Gasteiger partial charge in [0.25, 0.3) is 0 Å². The predicted octanol–water partition coefficient (Wildman–Crippen LogP) is 2.63. The fourth-order valence-corrected chi connectivity index (χ4v) is 2.27. The summed E-state index contributed by atoms with van der Waals surface area (Å²) in [6.07, 6.45) is 4.37. The van der Waals surface area contributed by atoms with E-state index in [4.69, 9.17) is 0 Å². The van der Waals surface area contributed by atoms with Crippen molar-refractivity contribution in [2.45, 2.75) is 12.8 Å². The van der Waals surface area contributed by atoms with Gasteiger partial charge in [0.15, 0.2) is 0 Å². The van der Waals surface area contributed by atoms with E-state index in [0.717, 1.165) is 35.5 Å². The van der Waals surface area contributed by atoms with Crippen molar-refractivity contribution in [3.8, 4) is 0 Å². The molecular formula is C13H15N3. The Balaban J connectivity index is 1.96. The molecule has 1 N–H and O–H groups in total. The fourth-order valence-electron chi connectivity index (χ4n) is 2.27. The van der Waals surface area contributed by atoms with Gasteiger partial charge in [-0.3, -0.25) is 4.98 Å². The topological polar surface area (TPSA) is 31.9 Å². The Morgan fingerprint density at radius 3 is 2.94 bits per heavy atom. The van der Waals surface area contributed by atoms with Gasteiger partial charge in [-0.25, -0.2) is 0 Å². The van der Waals surface area contributed by atoms with Gasteiger partial charge in [0.05, 0.1) is 22.4 Å². The Morgan fingerprint density at radius 1 is 1.38 bits per heavy atom. The standard InChI is InChI=1S/C13H15N3/c1-10(16-7-2-3-8-16)12-9-13-11(15-12)5-4-6-14-13/h4-6,9,15H,1-3,7-8H2. The van der Waals surface area contributed by atoms with E-state index in [0.29, 0.717) is 0 Å². The maximum absolute atomic E-state index is 4.32. The molecule has 1 aliphatic rings. The molecule has 0 atom stereocenters. The first-order valence-corrected chi connectivity index (χ1v) is 5.72. The minimum Gasteiger partial charge on any atom is -0.370 e. The van der Waals surface area contributed by atoms with Crippen molar-refractivity contribution in [1.29, 1.82) is 0 Å². The zero-order chi connectivity index (χ0) is 11.0. The zero-order valence-electron chi connectivity index (χ0n) is 9.24. The van der Waals surface area contributed by atoms with E-state index in [9.17, 15) is 0 Å². The van der Waals surface area contributed by atoms with Crippen LogP contribution in [0, 0.1) is 0 Å². The van der Waals surface area contributed by atoms with Gasteiger partial charge in [-0.05, 0) is 31.0 Å². The normalized spacial score (nSPS) is 15.9. The second kappa shape index (κ2) is 3.67. The average molecular weight is 213 g/mol. The average Bonchev–Trinajstić information content (AvgIpc) is 2.97. The fraction of sp³-hybridized carbons (Fsp3) is 0.308. The SMILES string of the molecule is C=C(c1cc2ncccc2[nH]1)N1CCCC1. The van der Waals surface area contributed by atoms with E-state index < -0.39 is 0 Å². The number of hydrogen-bond acceptors (Lipinski definition) is 2. The summed E-state index contributed by atoms with van der Waals surface area (Å²) in [4.78, 5) is 10.0. The number of nitrogens with zero attached hydrogens (tertiary/aromatic N) is 2. The molecule has 2 aromatic rings. The second-order valence-corrected chi connectivity index (χ2v) is 4.26. The number of rotatable bonds is 2. The number of aromatic amines is 1. The summed E-state index contributed by atoms with van der Waals surface area (Å²) in [6, 6.07) is 6.07. The summed E-state index contributed by atoms with van der Waals surface area (Å²) in [5, 5.41) is 0.